The van der Waals surface area contributed by atoms with Gasteiger partial charge in [-0.1, -0.05) is 34.1 Å². The normalized spacial score (nSPS) is 10.4. The summed E-state index contributed by atoms with van der Waals surface area (Å²) in [6.07, 6.45) is 0. The van der Waals surface area contributed by atoms with Gasteiger partial charge < -0.3 is 15.8 Å². The van der Waals surface area contributed by atoms with Crippen LogP contribution in [0.25, 0.3) is 0 Å². The molecule has 0 aliphatic rings. The SMILES string of the molecule is NC(=O)c1c(Nc2ccc(Br)cc2F)cc(F)cc1Oc1ccccc1. The zero-order chi connectivity index (χ0) is 18.7. The Morgan fingerprint density at radius 2 is 1.73 bits per heavy atom. The number of para-hydroxylation sites is 1. The molecular weight excluding hydrogens is 406 g/mol. The zero-order valence-corrected chi connectivity index (χ0v) is 14.9. The molecule has 3 aromatic rings. The van der Waals surface area contributed by atoms with Crippen molar-refractivity contribution in [2.75, 3.05) is 5.32 Å². The minimum atomic E-state index is -0.837. The van der Waals surface area contributed by atoms with E-state index in [1.54, 1.807) is 36.4 Å². The Balaban J connectivity index is 2.05. The average molecular weight is 419 g/mol. The van der Waals surface area contributed by atoms with Crippen molar-refractivity contribution in [3.8, 4) is 11.5 Å². The summed E-state index contributed by atoms with van der Waals surface area (Å²) in [4.78, 5) is 12.0. The number of carbonyl (C=O) groups is 1. The van der Waals surface area contributed by atoms with Crippen molar-refractivity contribution in [1.82, 2.24) is 0 Å². The van der Waals surface area contributed by atoms with E-state index < -0.39 is 17.5 Å². The number of benzene rings is 3. The molecule has 132 valence electrons. The number of hydrogen-bond acceptors (Lipinski definition) is 3. The molecule has 3 aromatic carbocycles. The summed E-state index contributed by atoms with van der Waals surface area (Å²) in [5.41, 5.74) is 5.43. The summed E-state index contributed by atoms with van der Waals surface area (Å²) in [7, 11) is 0. The number of halogens is 3. The lowest BCUT2D eigenvalue weighted by Gasteiger charge is -2.15. The van der Waals surface area contributed by atoms with E-state index in [9.17, 15) is 13.6 Å². The molecule has 1 amide bonds. The smallest absolute Gasteiger partial charge is 0.254 e. The van der Waals surface area contributed by atoms with Gasteiger partial charge in [0.15, 0.2) is 0 Å². The Kier molecular flexibility index (Phi) is 5.18. The van der Waals surface area contributed by atoms with Gasteiger partial charge in [0.25, 0.3) is 5.91 Å². The second kappa shape index (κ2) is 7.53. The van der Waals surface area contributed by atoms with Crippen molar-refractivity contribution in [2.24, 2.45) is 5.73 Å². The highest BCUT2D eigenvalue weighted by atomic mass is 79.9. The van der Waals surface area contributed by atoms with Gasteiger partial charge >= 0.3 is 0 Å². The molecule has 0 atom stereocenters. The maximum Gasteiger partial charge on any atom is 0.254 e. The summed E-state index contributed by atoms with van der Waals surface area (Å²) >= 11 is 3.16. The topological polar surface area (TPSA) is 64.4 Å². The molecule has 26 heavy (non-hydrogen) atoms. The fraction of sp³-hybridized carbons (Fsp3) is 0. The first-order valence-corrected chi connectivity index (χ1v) is 8.31. The Labute approximate surface area is 156 Å². The molecule has 0 unspecified atom stereocenters. The van der Waals surface area contributed by atoms with Crippen LogP contribution in [0.2, 0.25) is 0 Å². The molecule has 0 radical (unpaired) electrons. The molecule has 7 heteroatoms. The van der Waals surface area contributed by atoms with Crippen LogP contribution in [0.15, 0.2) is 65.1 Å². The summed E-state index contributed by atoms with van der Waals surface area (Å²) in [5, 5.41) is 2.70. The Morgan fingerprint density at radius 1 is 1.00 bits per heavy atom. The van der Waals surface area contributed by atoms with Crippen LogP contribution in [-0.2, 0) is 0 Å². The van der Waals surface area contributed by atoms with Crippen molar-refractivity contribution < 1.29 is 18.3 Å². The summed E-state index contributed by atoms with van der Waals surface area (Å²) < 4.78 is 34.3. The van der Waals surface area contributed by atoms with E-state index in [-0.39, 0.29) is 22.7 Å². The minimum Gasteiger partial charge on any atom is -0.456 e. The second-order valence-electron chi connectivity index (χ2n) is 5.36. The molecule has 0 aliphatic heterocycles. The van der Waals surface area contributed by atoms with Gasteiger partial charge in [0.2, 0.25) is 0 Å². The summed E-state index contributed by atoms with van der Waals surface area (Å²) in [6.45, 7) is 0. The number of anilines is 2. The molecule has 0 heterocycles. The molecule has 3 rings (SSSR count). The van der Waals surface area contributed by atoms with Crippen molar-refractivity contribution in [2.45, 2.75) is 0 Å². The Bertz CT molecular complexity index is 965. The van der Waals surface area contributed by atoms with Crippen LogP contribution in [0.3, 0.4) is 0 Å². The predicted molar refractivity (Wildman–Crippen MR) is 98.8 cm³/mol. The van der Waals surface area contributed by atoms with E-state index in [4.69, 9.17) is 10.5 Å². The lowest BCUT2D eigenvalue weighted by molar-refractivity contribution is 0.0999. The Hall–Kier alpha value is -2.93. The van der Waals surface area contributed by atoms with Crippen LogP contribution in [0.5, 0.6) is 11.5 Å². The van der Waals surface area contributed by atoms with E-state index in [0.717, 1.165) is 12.1 Å². The Morgan fingerprint density at radius 3 is 2.38 bits per heavy atom. The largest absolute Gasteiger partial charge is 0.456 e. The van der Waals surface area contributed by atoms with Crippen molar-refractivity contribution in [1.29, 1.82) is 0 Å². The lowest BCUT2D eigenvalue weighted by atomic mass is 10.1. The first-order chi connectivity index (χ1) is 12.4. The molecule has 0 bridgehead atoms. The number of carbonyl (C=O) groups excluding carboxylic acids is 1. The molecule has 0 aromatic heterocycles. The molecular formula is C19H13BrF2N2O2. The number of ether oxygens (including phenoxy) is 1. The molecule has 0 spiro atoms. The van der Waals surface area contributed by atoms with E-state index in [0.29, 0.717) is 10.2 Å². The lowest BCUT2D eigenvalue weighted by Crippen LogP contribution is -2.15. The highest BCUT2D eigenvalue weighted by Crippen LogP contribution is 2.34. The van der Waals surface area contributed by atoms with Gasteiger partial charge in [0, 0.05) is 10.5 Å². The zero-order valence-electron chi connectivity index (χ0n) is 13.3. The van der Waals surface area contributed by atoms with Crippen LogP contribution in [-0.4, -0.2) is 5.91 Å². The fourth-order valence-corrected chi connectivity index (χ4v) is 2.70. The van der Waals surface area contributed by atoms with E-state index in [1.807, 2.05) is 0 Å². The molecule has 0 saturated heterocycles. The van der Waals surface area contributed by atoms with Gasteiger partial charge in [-0.2, -0.15) is 0 Å². The highest BCUT2D eigenvalue weighted by Gasteiger charge is 2.19. The third-order valence-corrected chi connectivity index (χ3v) is 3.98. The third-order valence-electron chi connectivity index (χ3n) is 3.48. The minimum absolute atomic E-state index is 0.00431. The van der Waals surface area contributed by atoms with E-state index in [1.165, 1.54) is 12.1 Å². The monoisotopic (exact) mass is 418 g/mol. The highest BCUT2D eigenvalue weighted by molar-refractivity contribution is 9.10. The standard InChI is InChI=1S/C19H13BrF2N2O2/c20-11-6-7-15(14(22)8-11)24-16-9-12(21)10-17(18(16)19(23)25)26-13-4-2-1-3-5-13/h1-10,24H,(H2,23,25). The predicted octanol–water partition coefficient (Wildman–Crippen LogP) is 5.36. The third kappa shape index (κ3) is 4.00. The number of nitrogens with two attached hydrogens (primary N) is 1. The van der Waals surface area contributed by atoms with Gasteiger partial charge in [0.05, 0.1) is 11.4 Å². The van der Waals surface area contributed by atoms with Crippen molar-refractivity contribution in [3.63, 3.8) is 0 Å². The number of rotatable bonds is 5. The van der Waals surface area contributed by atoms with Crippen LogP contribution in [0, 0.1) is 11.6 Å². The first kappa shape index (κ1) is 17.9. The maximum atomic E-state index is 14.1. The molecule has 0 fully saturated rings. The summed E-state index contributed by atoms with van der Waals surface area (Å²) in [5.74, 6) is -1.74. The number of amides is 1. The fourth-order valence-electron chi connectivity index (χ4n) is 2.37. The van der Waals surface area contributed by atoms with Gasteiger partial charge in [-0.3, -0.25) is 4.79 Å². The van der Waals surface area contributed by atoms with Crippen molar-refractivity contribution >= 4 is 33.2 Å². The van der Waals surface area contributed by atoms with Gasteiger partial charge in [-0.15, -0.1) is 0 Å². The first-order valence-electron chi connectivity index (χ1n) is 7.52. The molecule has 3 N–H and O–H groups in total. The van der Waals surface area contributed by atoms with E-state index >= 15 is 0 Å². The second-order valence-corrected chi connectivity index (χ2v) is 6.27. The van der Waals surface area contributed by atoms with Crippen LogP contribution >= 0.6 is 15.9 Å². The maximum absolute atomic E-state index is 14.1. The van der Waals surface area contributed by atoms with Crippen LogP contribution in [0.1, 0.15) is 10.4 Å². The van der Waals surface area contributed by atoms with Crippen LogP contribution < -0.4 is 15.8 Å². The molecule has 0 saturated carbocycles. The number of hydrogen-bond donors (Lipinski definition) is 2. The number of nitrogens with one attached hydrogen (secondary N) is 1. The van der Waals surface area contributed by atoms with Crippen LogP contribution in [0.4, 0.5) is 20.2 Å². The quantitative estimate of drug-likeness (QED) is 0.585. The van der Waals surface area contributed by atoms with Crippen molar-refractivity contribution in [3.05, 3.63) is 82.3 Å². The average Bonchev–Trinajstić information content (AvgIpc) is 2.57. The van der Waals surface area contributed by atoms with Gasteiger partial charge in [-0.25, -0.2) is 8.78 Å². The van der Waals surface area contributed by atoms with Gasteiger partial charge in [-0.05, 0) is 36.4 Å². The van der Waals surface area contributed by atoms with Gasteiger partial charge in [0.1, 0.15) is 28.7 Å². The molecule has 4 nitrogen and oxygen atoms in total. The van der Waals surface area contributed by atoms with E-state index in [2.05, 4.69) is 21.2 Å². The summed E-state index contributed by atoms with van der Waals surface area (Å²) in [6, 6.07) is 15.0. The molecule has 0 aliphatic carbocycles. The number of primary amides is 1.